The Hall–Kier alpha value is -2.27. The SMILES string of the molecule is COC(=O)NS(=O)(=O)N(CCC#N)c1ccccc1. The van der Waals surface area contributed by atoms with Crippen molar-refractivity contribution >= 4 is 22.0 Å². The van der Waals surface area contributed by atoms with E-state index in [0.717, 1.165) is 11.4 Å². The number of nitriles is 1. The Balaban J connectivity index is 3.04. The first-order chi connectivity index (χ1) is 9.01. The summed E-state index contributed by atoms with van der Waals surface area (Å²) in [4.78, 5) is 11.0. The normalized spacial score (nSPS) is 10.3. The summed E-state index contributed by atoms with van der Waals surface area (Å²) in [5.74, 6) is 0. The Bertz CT molecular complexity index is 565. The van der Waals surface area contributed by atoms with Crippen LogP contribution in [-0.4, -0.2) is 28.2 Å². The van der Waals surface area contributed by atoms with Crippen molar-refractivity contribution in [2.45, 2.75) is 6.42 Å². The molecule has 0 aliphatic heterocycles. The van der Waals surface area contributed by atoms with Crippen molar-refractivity contribution in [3.63, 3.8) is 0 Å². The molecular weight excluding hydrogens is 270 g/mol. The molecule has 1 amide bonds. The Morgan fingerprint density at radius 2 is 2.05 bits per heavy atom. The second-order valence-corrected chi connectivity index (χ2v) is 5.01. The molecule has 1 aromatic rings. The van der Waals surface area contributed by atoms with Crippen molar-refractivity contribution in [1.29, 1.82) is 5.26 Å². The number of hydrogen-bond acceptors (Lipinski definition) is 5. The predicted octanol–water partition coefficient (Wildman–Crippen LogP) is 1.01. The minimum absolute atomic E-state index is 0.00300. The lowest BCUT2D eigenvalue weighted by Crippen LogP contribution is -2.44. The van der Waals surface area contributed by atoms with Crippen LogP contribution in [0.2, 0.25) is 0 Å². The standard InChI is InChI=1S/C11H13N3O4S/c1-18-11(15)13-19(16,17)14(9-5-8-12)10-6-3-2-4-7-10/h2-4,6-7H,5,9H2,1H3,(H,13,15). The molecular formula is C11H13N3O4S. The molecule has 0 unspecified atom stereocenters. The van der Waals surface area contributed by atoms with Crippen LogP contribution >= 0.6 is 0 Å². The molecule has 0 heterocycles. The summed E-state index contributed by atoms with van der Waals surface area (Å²) in [6, 6.07) is 10.0. The van der Waals surface area contributed by atoms with E-state index in [4.69, 9.17) is 5.26 Å². The molecule has 0 bridgehead atoms. The summed E-state index contributed by atoms with van der Waals surface area (Å²) in [5.41, 5.74) is 0.356. The van der Waals surface area contributed by atoms with Crippen LogP contribution in [-0.2, 0) is 14.9 Å². The number of nitrogens with zero attached hydrogens (tertiary/aromatic N) is 2. The molecule has 0 aliphatic rings. The van der Waals surface area contributed by atoms with Crippen molar-refractivity contribution in [2.24, 2.45) is 0 Å². The number of para-hydroxylation sites is 1. The third-order valence-electron chi connectivity index (χ3n) is 2.16. The minimum Gasteiger partial charge on any atom is -0.452 e. The molecule has 1 N–H and O–H groups in total. The van der Waals surface area contributed by atoms with E-state index in [1.807, 2.05) is 6.07 Å². The number of ether oxygens (including phenoxy) is 1. The fourth-order valence-corrected chi connectivity index (χ4v) is 2.47. The van der Waals surface area contributed by atoms with Crippen LogP contribution in [0.25, 0.3) is 0 Å². The van der Waals surface area contributed by atoms with E-state index in [9.17, 15) is 13.2 Å². The van der Waals surface area contributed by atoms with Gasteiger partial charge in [-0.2, -0.15) is 13.7 Å². The van der Waals surface area contributed by atoms with Gasteiger partial charge >= 0.3 is 16.3 Å². The van der Waals surface area contributed by atoms with Gasteiger partial charge in [0.15, 0.2) is 0 Å². The summed E-state index contributed by atoms with van der Waals surface area (Å²) >= 11 is 0. The Kier molecular flexibility index (Phi) is 5.14. The maximum absolute atomic E-state index is 12.0. The van der Waals surface area contributed by atoms with Crippen molar-refractivity contribution in [1.82, 2.24) is 4.72 Å². The Labute approximate surface area is 111 Å². The summed E-state index contributed by atoms with van der Waals surface area (Å²) < 4.78 is 31.0. The second-order valence-electron chi connectivity index (χ2n) is 3.41. The van der Waals surface area contributed by atoms with Gasteiger partial charge in [-0.25, -0.2) is 9.52 Å². The Morgan fingerprint density at radius 3 is 2.58 bits per heavy atom. The van der Waals surface area contributed by atoms with Crippen LogP contribution in [0.1, 0.15) is 6.42 Å². The molecule has 1 rings (SSSR count). The quantitative estimate of drug-likeness (QED) is 0.869. The van der Waals surface area contributed by atoms with E-state index in [1.54, 1.807) is 35.1 Å². The highest BCUT2D eigenvalue weighted by molar-refractivity contribution is 7.91. The molecule has 0 aliphatic carbocycles. The van der Waals surface area contributed by atoms with Gasteiger partial charge in [0.1, 0.15) is 0 Å². The first-order valence-electron chi connectivity index (χ1n) is 5.31. The first kappa shape index (κ1) is 14.8. The number of carbonyl (C=O) groups excluding carboxylic acids is 1. The number of amides is 1. The van der Waals surface area contributed by atoms with E-state index < -0.39 is 16.3 Å². The van der Waals surface area contributed by atoms with E-state index in [1.165, 1.54) is 0 Å². The number of carbonyl (C=O) groups is 1. The zero-order valence-electron chi connectivity index (χ0n) is 10.2. The summed E-state index contributed by atoms with van der Waals surface area (Å²) in [7, 11) is -3.04. The van der Waals surface area contributed by atoms with Gasteiger partial charge in [0, 0.05) is 6.54 Å². The number of hydrogen-bond donors (Lipinski definition) is 1. The molecule has 1 aromatic carbocycles. The number of rotatable bonds is 5. The fraction of sp³-hybridized carbons (Fsp3) is 0.273. The van der Waals surface area contributed by atoms with Crippen LogP contribution in [0.4, 0.5) is 10.5 Å². The van der Waals surface area contributed by atoms with E-state index >= 15 is 0 Å². The molecule has 0 atom stereocenters. The van der Waals surface area contributed by atoms with Gasteiger partial charge in [-0.15, -0.1) is 0 Å². The molecule has 7 nitrogen and oxygen atoms in total. The number of benzene rings is 1. The molecule has 0 radical (unpaired) electrons. The zero-order chi connectivity index (χ0) is 14.3. The van der Waals surface area contributed by atoms with Gasteiger partial charge in [0.25, 0.3) is 0 Å². The molecule has 0 saturated heterocycles. The number of methoxy groups -OCH3 is 1. The molecule has 0 spiro atoms. The van der Waals surface area contributed by atoms with Crippen molar-refractivity contribution in [3.05, 3.63) is 30.3 Å². The molecule has 0 fully saturated rings. The second kappa shape index (κ2) is 6.61. The highest BCUT2D eigenvalue weighted by atomic mass is 32.2. The van der Waals surface area contributed by atoms with E-state index in [0.29, 0.717) is 5.69 Å². The average Bonchev–Trinajstić information content (AvgIpc) is 2.39. The lowest BCUT2D eigenvalue weighted by molar-refractivity contribution is 0.177. The lowest BCUT2D eigenvalue weighted by Gasteiger charge is -2.22. The van der Waals surface area contributed by atoms with Crippen molar-refractivity contribution < 1.29 is 17.9 Å². The lowest BCUT2D eigenvalue weighted by atomic mass is 10.3. The monoisotopic (exact) mass is 283 g/mol. The Morgan fingerprint density at radius 1 is 1.42 bits per heavy atom. The third kappa shape index (κ3) is 4.15. The number of anilines is 1. The van der Waals surface area contributed by atoms with Crippen LogP contribution in [0.5, 0.6) is 0 Å². The molecule has 0 saturated carbocycles. The maximum Gasteiger partial charge on any atom is 0.422 e. The van der Waals surface area contributed by atoms with Crippen LogP contribution in [0, 0.1) is 11.3 Å². The fourth-order valence-electron chi connectivity index (χ4n) is 1.34. The molecule has 102 valence electrons. The molecule has 8 heteroatoms. The highest BCUT2D eigenvalue weighted by Crippen LogP contribution is 2.16. The molecule has 19 heavy (non-hydrogen) atoms. The van der Waals surface area contributed by atoms with E-state index in [2.05, 4.69) is 4.74 Å². The molecule has 0 aromatic heterocycles. The minimum atomic E-state index is -4.10. The predicted molar refractivity (Wildman–Crippen MR) is 68.5 cm³/mol. The summed E-state index contributed by atoms with van der Waals surface area (Å²) in [6.45, 7) is -0.0627. The van der Waals surface area contributed by atoms with Gasteiger partial charge in [-0.05, 0) is 12.1 Å². The third-order valence-corrected chi connectivity index (χ3v) is 3.56. The van der Waals surface area contributed by atoms with Crippen molar-refractivity contribution in [2.75, 3.05) is 18.0 Å². The zero-order valence-corrected chi connectivity index (χ0v) is 11.1. The number of nitrogens with one attached hydrogen (secondary N) is 1. The first-order valence-corrected chi connectivity index (χ1v) is 6.75. The van der Waals surface area contributed by atoms with Gasteiger partial charge in [0.05, 0.1) is 25.3 Å². The average molecular weight is 283 g/mol. The van der Waals surface area contributed by atoms with E-state index in [-0.39, 0.29) is 13.0 Å². The van der Waals surface area contributed by atoms with Crippen LogP contribution < -0.4 is 9.03 Å². The van der Waals surface area contributed by atoms with Gasteiger partial charge in [-0.1, -0.05) is 18.2 Å². The van der Waals surface area contributed by atoms with Crippen LogP contribution in [0.15, 0.2) is 30.3 Å². The largest absolute Gasteiger partial charge is 0.452 e. The summed E-state index contributed by atoms with van der Waals surface area (Å²) in [5, 5.41) is 8.57. The van der Waals surface area contributed by atoms with Crippen LogP contribution in [0.3, 0.4) is 0 Å². The topological polar surface area (TPSA) is 99.5 Å². The van der Waals surface area contributed by atoms with Gasteiger partial charge < -0.3 is 4.74 Å². The van der Waals surface area contributed by atoms with Crippen molar-refractivity contribution in [3.8, 4) is 6.07 Å². The van der Waals surface area contributed by atoms with Gasteiger partial charge in [-0.3, -0.25) is 4.31 Å². The smallest absolute Gasteiger partial charge is 0.422 e. The van der Waals surface area contributed by atoms with Gasteiger partial charge in [0.2, 0.25) is 0 Å². The highest BCUT2D eigenvalue weighted by Gasteiger charge is 2.24. The summed E-state index contributed by atoms with van der Waals surface area (Å²) in [6.07, 6.45) is -1.09. The maximum atomic E-state index is 12.0.